The summed E-state index contributed by atoms with van der Waals surface area (Å²) in [5, 5.41) is 0. The first-order valence-corrected chi connectivity index (χ1v) is 5.77. The number of aldehydes is 1. The standard InChI is InChI=1S/C13H7BrF2O2/c14-9-5-4-8(7-17)12(6-9)18-11-3-1-2-10(15)13(11)16/h1-7H. The number of carbonyl (C=O) groups is 1. The molecule has 5 heteroatoms. The molecule has 18 heavy (non-hydrogen) atoms. The molecule has 0 fully saturated rings. The minimum absolute atomic E-state index is 0.156. The summed E-state index contributed by atoms with van der Waals surface area (Å²) in [6, 6.07) is 8.28. The maximum absolute atomic E-state index is 13.4. The summed E-state index contributed by atoms with van der Waals surface area (Å²) in [6.07, 6.45) is 0.582. The summed E-state index contributed by atoms with van der Waals surface area (Å²) in [5.74, 6) is -2.20. The second-order valence-electron chi connectivity index (χ2n) is 3.45. The molecule has 0 aliphatic carbocycles. The van der Waals surface area contributed by atoms with Gasteiger partial charge in [-0.25, -0.2) is 4.39 Å². The first-order valence-electron chi connectivity index (χ1n) is 4.98. The highest BCUT2D eigenvalue weighted by molar-refractivity contribution is 9.10. The largest absolute Gasteiger partial charge is 0.453 e. The van der Waals surface area contributed by atoms with Gasteiger partial charge in [0.25, 0.3) is 0 Å². The lowest BCUT2D eigenvalue weighted by Crippen LogP contribution is -1.94. The molecule has 0 bridgehead atoms. The molecule has 0 heterocycles. The molecule has 0 aliphatic heterocycles. The Balaban J connectivity index is 2.42. The monoisotopic (exact) mass is 312 g/mol. The van der Waals surface area contributed by atoms with Crippen molar-refractivity contribution in [3.63, 3.8) is 0 Å². The van der Waals surface area contributed by atoms with Crippen molar-refractivity contribution < 1.29 is 18.3 Å². The lowest BCUT2D eigenvalue weighted by molar-refractivity contribution is 0.112. The van der Waals surface area contributed by atoms with Crippen LogP contribution in [0.3, 0.4) is 0 Å². The van der Waals surface area contributed by atoms with E-state index in [0.29, 0.717) is 10.8 Å². The third-order valence-corrected chi connectivity index (χ3v) is 2.73. The third-order valence-electron chi connectivity index (χ3n) is 2.24. The Morgan fingerprint density at radius 2 is 1.89 bits per heavy atom. The zero-order valence-electron chi connectivity index (χ0n) is 8.99. The van der Waals surface area contributed by atoms with Crippen molar-refractivity contribution in [3.8, 4) is 11.5 Å². The van der Waals surface area contributed by atoms with Crippen LogP contribution in [-0.4, -0.2) is 6.29 Å². The molecular weight excluding hydrogens is 306 g/mol. The fraction of sp³-hybridized carbons (Fsp3) is 0. The van der Waals surface area contributed by atoms with Crippen LogP contribution in [0.25, 0.3) is 0 Å². The first-order chi connectivity index (χ1) is 8.61. The summed E-state index contributed by atoms with van der Waals surface area (Å²) in [5.41, 5.74) is 0.252. The molecule has 2 aromatic rings. The van der Waals surface area contributed by atoms with Gasteiger partial charge in [-0.3, -0.25) is 4.79 Å². The average Bonchev–Trinajstić information content (AvgIpc) is 2.35. The van der Waals surface area contributed by atoms with Crippen molar-refractivity contribution in [2.24, 2.45) is 0 Å². The van der Waals surface area contributed by atoms with Crippen LogP contribution < -0.4 is 4.74 Å². The van der Waals surface area contributed by atoms with Gasteiger partial charge in [0.15, 0.2) is 17.9 Å². The molecule has 0 aliphatic rings. The number of rotatable bonds is 3. The van der Waals surface area contributed by atoms with E-state index in [9.17, 15) is 13.6 Å². The van der Waals surface area contributed by atoms with Crippen LogP contribution in [0, 0.1) is 11.6 Å². The smallest absolute Gasteiger partial charge is 0.201 e. The van der Waals surface area contributed by atoms with E-state index in [1.807, 2.05) is 0 Å². The molecule has 0 saturated heterocycles. The van der Waals surface area contributed by atoms with Crippen molar-refractivity contribution >= 4 is 22.2 Å². The maximum atomic E-state index is 13.4. The molecule has 0 radical (unpaired) electrons. The average molecular weight is 313 g/mol. The van der Waals surface area contributed by atoms with Gasteiger partial charge in [0.2, 0.25) is 5.82 Å². The van der Waals surface area contributed by atoms with Crippen molar-refractivity contribution in [2.45, 2.75) is 0 Å². The zero-order valence-corrected chi connectivity index (χ0v) is 10.6. The normalized spacial score (nSPS) is 10.2. The Hall–Kier alpha value is -1.75. The van der Waals surface area contributed by atoms with Gasteiger partial charge in [-0.05, 0) is 30.3 Å². The number of carbonyl (C=O) groups excluding carboxylic acids is 1. The molecule has 0 N–H and O–H groups in total. The predicted octanol–water partition coefficient (Wildman–Crippen LogP) is 4.33. The molecular formula is C13H7BrF2O2. The van der Waals surface area contributed by atoms with Gasteiger partial charge >= 0.3 is 0 Å². The van der Waals surface area contributed by atoms with Gasteiger partial charge < -0.3 is 4.74 Å². The summed E-state index contributed by atoms with van der Waals surface area (Å²) < 4.78 is 32.3. The molecule has 0 aromatic heterocycles. The summed E-state index contributed by atoms with van der Waals surface area (Å²) in [7, 11) is 0. The Morgan fingerprint density at radius 3 is 2.61 bits per heavy atom. The van der Waals surface area contributed by atoms with Crippen molar-refractivity contribution in [1.29, 1.82) is 0 Å². The number of ether oxygens (including phenoxy) is 1. The fourth-order valence-corrected chi connectivity index (χ4v) is 1.72. The second-order valence-corrected chi connectivity index (χ2v) is 4.37. The Morgan fingerprint density at radius 1 is 1.11 bits per heavy atom. The Bertz CT molecular complexity index is 600. The Kier molecular flexibility index (Phi) is 3.72. The van der Waals surface area contributed by atoms with Gasteiger partial charge in [0, 0.05) is 4.47 Å². The molecule has 0 atom stereocenters. The molecule has 0 amide bonds. The van der Waals surface area contributed by atoms with Gasteiger partial charge in [-0.15, -0.1) is 0 Å². The van der Waals surface area contributed by atoms with Crippen LogP contribution in [0.15, 0.2) is 40.9 Å². The summed E-state index contributed by atoms with van der Waals surface area (Å²) in [4.78, 5) is 10.8. The van der Waals surface area contributed by atoms with Gasteiger partial charge in [-0.1, -0.05) is 22.0 Å². The summed E-state index contributed by atoms with van der Waals surface area (Å²) in [6.45, 7) is 0. The Labute approximate surface area is 110 Å². The predicted molar refractivity (Wildman–Crippen MR) is 66.0 cm³/mol. The van der Waals surface area contributed by atoms with E-state index in [2.05, 4.69) is 15.9 Å². The number of benzene rings is 2. The van der Waals surface area contributed by atoms with Crippen LogP contribution >= 0.6 is 15.9 Å². The minimum atomic E-state index is -1.09. The molecule has 0 saturated carbocycles. The molecule has 2 rings (SSSR count). The highest BCUT2D eigenvalue weighted by atomic mass is 79.9. The van der Waals surface area contributed by atoms with Crippen LogP contribution in [0.2, 0.25) is 0 Å². The van der Waals surface area contributed by atoms with Crippen LogP contribution in [0.5, 0.6) is 11.5 Å². The lowest BCUT2D eigenvalue weighted by Gasteiger charge is -2.09. The van der Waals surface area contributed by atoms with Gasteiger partial charge in [0.05, 0.1) is 5.56 Å². The van der Waals surface area contributed by atoms with E-state index in [1.165, 1.54) is 24.3 Å². The third kappa shape index (κ3) is 2.56. The van der Waals surface area contributed by atoms with E-state index in [1.54, 1.807) is 6.07 Å². The number of hydrogen-bond acceptors (Lipinski definition) is 2. The minimum Gasteiger partial charge on any atom is -0.453 e. The topological polar surface area (TPSA) is 26.3 Å². The number of halogens is 3. The van der Waals surface area contributed by atoms with Crippen molar-refractivity contribution in [3.05, 3.63) is 58.1 Å². The van der Waals surface area contributed by atoms with Crippen molar-refractivity contribution in [2.75, 3.05) is 0 Å². The fourth-order valence-electron chi connectivity index (χ4n) is 1.38. The molecule has 92 valence electrons. The van der Waals surface area contributed by atoms with E-state index < -0.39 is 11.6 Å². The van der Waals surface area contributed by atoms with Crippen LogP contribution in [0.4, 0.5) is 8.78 Å². The van der Waals surface area contributed by atoms with Crippen LogP contribution in [-0.2, 0) is 0 Å². The second kappa shape index (κ2) is 5.27. The van der Waals surface area contributed by atoms with E-state index >= 15 is 0 Å². The molecule has 0 spiro atoms. The molecule has 0 unspecified atom stereocenters. The summed E-state index contributed by atoms with van der Waals surface area (Å²) >= 11 is 3.21. The lowest BCUT2D eigenvalue weighted by atomic mass is 10.2. The van der Waals surface area contributed by atoms with E-state index in [-0.39, 0.29) is 17.1 Å². The highest BCUT2D eigenvalue weighted by Gasteiger charge is 2.12. The van der Waals surface area contributed by atoms with E-state index in [4.69, 9.17) is 4.74 Å². The number of hydrogen-bond donors (Lipinski definition) is 0. The molecule has 2 aromatic carbocycles. The molecule has 2 nitrogen and oxygen atoms in total. The van der Waals surface area contributed by atoms with Gasteiger partial charge in [-0.2, -0.15) is 4.39 Å². The van der Waals surface area contributed by atoms with Crippen LogP contribution in [0.1, 0.15) is 10.4 Å². The van der Waals surface area contributed by atoms with Gasteiger partial charge in [0.1, 0.15) is 5.75 Å². The quantitative estimate of drug-likeness (QED) is 0.788. The first kappa shape index (κ1) is 12.7. The van der Waals surface area contributed by atoms with Crippen molar-refractivity contribution in [1.82, 2.24) is 0 Å². The zero-order chi connectivity index (χ0) is 13.1. The maximum Gasteiger partial charge on any atom is 0.201 e. The van der Waals surface area contributed by atoms with E-state index in [0.717, 1.165) is 6.07 Å². The highest BCUT2D eigenvalue weighted by Crippen LogP contribution is 2.30. The SMILES string of the molecule is O=Cc1ccc(Br)cc1Oc1cccc(F)c1F.